The molecule has 23 heavy (non-hydrogen) atoms. The third-order valence-corrected chi connectivity index (χ3v) is 3.17. The number of ether oxygens (including phenoxy) is 1. The summed E-state index contributed by atoms with van der Waals surface area (Å²) in [7, 11) is 0. The highest BCUT2D eigenvalue weighted by Crippen LogP contribution is 2.62. The lowest BCUT2D eigenvalue weighted by Crippen LogP contribution is -2.66. The van der Waals surface area contributed by atoms with Crippen LogP contribution in [0, 0.1) is 0 Å². The number of benzene rings is 1. The third-order valence-electron chi connectivity index (χ3n) is 3.17. The van der Waals surface area contributed by atoms with Crippen molar-refractivity contribution in [2.24, 2.45) is 0 Å². The van der Waals surface area contributed by atoms with Crippen molar-refractivity contribution in [1.29, 1.82) is 0 Å². The van der Waals surface area contributed by atoms with Crippen molar-refractivity contribution in [1.82, 2.24) is 0 Å². The van der Waals surface area contributed by atoms with Gasteiger partial charge in [0, 0.05) is 0 Å². The molecule has 1 aliphatic carbocycles. The summed E-state index contributed by atoms with van der Waals surface area (Å²) >= 11 is 0. The van der Waals surface area contributed by atoms with E-state index in [0.29, 0.717) is 0 Å². The molecule has 2 rings (SSSR count). The summed E-state index contributed by atoms with van der Waals surface area (Å²) in [4.78, 5) is 0. The number of rotatable bonds is 3. The van der Waals surface area contributed by atoms with Crippen LogP contribution in [0.25, 0.3) is 0 Å². The molecule has 10 heteroatoms. The minimum atomic E-state index is -6.62. The summed E-state index contributed by atoms with van der Waals surface area (Å²) in [5.41, 5.74) is 0.0487. The van der Waals surface area contributed by atoms with Gasteiger partial charge in [0.05, 0.1) is 0 Å². The van der Waals surface area contributed by atoms with E-state index < -0.39 is 41.9 Å². The van der Waals surface area contributed by atoms with E-state index in [4.69, 9.17) is 0 Å². The first-order valence-electron chi connectivity index (χ1n) is 5.96. The van der Waals surface area contributed by atoms with Crippen LogP contribution in [0.3, 0.4) is 0 Å². The number of hydrogen-bond acceptors (Lipinski definition) is 1. The summed E-state index contributed by atoms with van der Waals surface area (Å²) in [6, 6.07) is 6.72. The maximum absolute atomic E-state index is 13.5. The third kappa shape index (κ3) is 2.26. The average molecular weight is 350 g/mol. The number of allylic oxidation sites excluding steroid dienone is 2. The predicted molar refractivity (Wildman–Crippen MR) is 59.2 cm³/mol. The minimum absolute atomic E-state index is 0.0487. The highest BCUT2D eigenvalue weighted by molar-refractivity contribution is 5.32. The molecule has 0 fully saturated rings. The Morgan fingerprint density at radius 1 is 0.739 bits per heavy atom. The van der Waals surface area contributed by atoms with Crippen LogP contribution >= 0.6 is 0 Å². The van der Waals surface area contributed by atoms with Crippen LogP contribution in [0.2, 0.25) is 0 Å². The monoisotopic (exact) mass is 350 g/mol. The largest absolute Gasteiger partial charge is 0.484 e. The van der Waals surface area contributed by atoms with Crippen molar-refractivity contribution in [3.8, 4) is 0 Å². The highest BCUT2D eigenvalue weighted by Gasteiger charge is 2.87. The van der Waals surface area contributed by atoms with E-state index in [-0.39, 0.29) is 5.56 Å². The Labute approximate surface area is 123 Å². The van der Waals surface area contributed by atoms with Crippen LogP contribution in [-0.4, -0.2) is 23.7 Å². The van der Waals surface area contributed by atoms with Crippen LogP contribution in [-0.2, 0) is 11.3 Å². The second-order valence-corrected chi connectivity index (χ2v) is 4.71. The van der Waals surface area contributed by atoms with Crippen molar-refractivity contribution in [3.05, 3.63) is 47.5 Å². The SMILES string of the molecule is FC1=C(OCc2ccccc2)C(F)(F)C(F)(F)C(F)(F)C1(F)F. The fourth-order valence-corrected chi connectivity index (χ4v) is 1.84. The minimum Gasteiger partial charge on any atom is -0.484 e. The van der Waals surface area contributed by atoms with Crippen LogP contribution in [0.5, 0.6) is 0 Å². The van der Waals surface area contributed by atoms with E-state index in [0.717, 1.165) is 0 Å². The van der Waals surface area contributed by atoms with Gasteiger partial charge in [0.25, 0.3) is 0 Å². The van der Waals surface area contributed by atoms with Crippen LogP contribution in [0.4, 0.5) is 39.5 Å². The topological polar surface area (TPSA) is 9.23 Å². The molecule has 0 amide bonds. The molecule has 1 nitrogen and oxygen atoms in total. The van der Waals surface area contributed by atoms with Gasteiger partial charge < -0.3 is 4.74 Å². The van der Waals surface area contributed by atoms with Gasteiger partial charge in [0.1, 0.15) is 6.61 Å². The van der Waals surface area contributed by atoms with Crippen LogP contribution < -0.4 is 0 Å². The fourth-order valence-electron chi connectivity index (χ4n) is 1.84. The zero-order valence-corrected chi connectivity index (χ0v) is 10.9. The Morgan fingerprint density at radius 2 is 1.22 bits per heavy atom. The van der Waals surface area contributed by atoms with Gasteiger partial charge in [-0.1, -0.05) is 30.3 Å². The summed E-state index contributed by atoms with van der Waals surface area (Å²) in [6.07, 6.45) is 0. The van der Waals surface area contributed by atoms with Crippen molar-refractivity contribution >= 4 is 0 Å². The molecule has 1 aliphatic rings. The average Bonchev–Trinajstić information content (AvgIpc) is 2.46. The number of hydrogen-bond donors (Lipinski definition) is 0. The molecule has 0 saturated carbocycles. The Morgan fingerprint density at radius 3 is 1.74 bits per heavy atom. The maximum atomic E-state index is 13.5. The maximum Gasteiger partial charge on any atom is 0.386 e. The van der Waals surface area contributed by atoms with Crippen molar-refractivity contribution in [2.75, 3.05) is 0 Å². The van der Waals surface area contributed by atoms with Gasteiger partial charge in [-0.15, -0.1) is 0 Å². The standard InChI is InChI=1S/C13H7F9O/c14-8-9(23-6-7-4-2-1-3-5-7)11(17,18)13(21,22)12(19,20)10(8,15)16/h1-5H,6H2. The lowest BCUT2D eigenvalue weighted by Gasteiger charge is -2.41. The molecular weight excluding hydrogens is 343 g/mol. The Bertz CT molecular complexity index is 622. The van der Waals surface area contributed by atoms with Crippen molar-refractivity contribution < 1.29 is 44.3 Å². The molecule has 0 spiro atoms. The van der Waals surface area contributed by atoms with E-state index in [1.807, 2.05) is 0 Å². The zero-order chi connectivity index (χ0) is 17.7. The van der Waals surface area contributed by atoms with Gasteiger partial charge >= 0.3 is 23.7 Å². The van der Waals surface area contributed by atoms with Gasteiger partial charge in [-0.05, 0) is 5.56 Å². The number of halogens is 9. The Balaban J connectivity index is 2.47. The Hall–Kier alpha value is -1.87. The van der Waals surface area contributed by atoms with Crippen LogP contribution in [0.1, 0.15) is 5.56 Å². The molecule has 1 aromatic carbocycles. The molecule has 0 N–H and O–H groups in total. The first-order valence-corrected chi connectivity index (χ1v) is 5.96. The molecule has 0 bridgehead atoms. The molecule has 1 aromatic rings. The summed E-state index contributed by atoms with van der Waals surface area (Å²) < 4.78 is 123. The first-order chi connectivity index (χ1) is 10.4. The zero-order valence-electron chi connectivity index (χ0n) is 10.9. The van der Waals surface area contributed by atoms with E-state index >= 15 is 0 Å². The molecule has 0 heterocycles. The fraction of sp³-hybridized carbons (Fsp3) is 0.385. The van der Waals surface area contributed by atoms with E-state index in [9.17, 15) is 39.5 Å². The second-order valence-electron chi connectivity index (χ2n) is 4.71. The summed E-state index contributed by atoms with van der Waals surface area (Å²) in [6.45, 7) is -0.989. The summed E-state index contributed by atoms with van der Waals surface area (Å²) in [5.74, 6) is -31.5. The van der Waals surface area contributed by atoms with Gasteiger partial charge in [-0.2, -0.15) is 35.1 Å². The van der Waals surface area contributed by atoms with E-state index in [2.05, 4.69) is 4.74 Å². The van der Waals surface area contributed by atoms with E-state index in [1.165, 1.54) is 30.3 Å². The quantitative estimate of drug-likeness (QED) is 0.702. The molecule has 0 saturated heterocycles. The van der Waals surface area contributed by atoms with Gasteiger partial charge in [0.15, 0.2) is 0 Å². The van der Waals surface area contributed by atoms with Crippen LogP contribution in [0.15, 0.2) is 41.9 Å². The summed E-state index contributed by atoms with van der Waals surface area (Å²) in [5, 5.41) is 0. The second kappa shape index (κ2) is 5.07. The lowest BCUT2D eigenvalue weighted by molar-refractivity contribution is -0.371. The highest BCUT2D eigenvalue weighted by atomic mass is 19.4. The molecule has 0 unspecified atom stereocenters. The predicted octanol–water partition coefficient (Wildman–Crippen LogP) is 4.94. The molecular formula is C13H7F9O. The van der Waals surface area contributed by atoms with Crippen molar-refractivity contribution in [2.45, 2.75) is 30.3 Å². The first kappa shape index (κ1) is 17.5. The van der Waals surface area contributed by atoms with Crippen molar-refractivity contribution in [3.63, 3.8) is 0 Å². The Kier molecular flexibility index (Phi) is 3.85. The molecule has 0 aromatic heterocycles. The van der Waals surface area contributed by atoms with E-state index in [1.54, 1.807) is 0 Å². The van der Waals surface area contributed by atoms with Gasteiger partial charge in [0.2, 0.25) is 11.6 Å². The normalized spacial score (nSPS) is 24.4. The van der Waals surface area contributed by atoms with Gasteiger partial charge in [-0.25, -0.2) is 4.39 Å². The lowest BCUT2D eigenvalue weighted by atomic mass is 9.89. The molecule has 0 atom stereocenters. The smallest absolute Gasteiger partial charge is 0.386 e. The molecule has 0 aliphatic heterocycles. The van der Waals surface area contributed by atoms with Gasteiger partial charge in [-0.3, -0.25) is 0 Å². The molecule has 0 radical (unpaired) electrons. The number of alkyl halides is 8. The molecule has 128 valence electrons.